The highest BCUT2D eigenvalue weighted by atomic mass is 35.5. The van der Waals surface area contributed by atoms with Crippen molar-refractivity contribution in [3.8, 4) is 6.01 Å². The number of nitrogens with one attached hydrogen (secondary N) is 1. The van der Waals surface area contributed by atoms with Crippen LogP contribution >= 0.6 is 11.6 Å². The van der Waals surface area contributed by atoms with Crippen LogP contribution in [0.1, 0.15) is 78.2 Å². The zero-order valence-corrected chi connectivity index (χ0v) is 26.9. The number of halogens is 3. The summed E-state index contributed by atoms with van der Waals surface area (Å²) in [7, 11) is 0. The highest BCUT2D eigenvalue weighted by Gasteiger charge is 2.45. The fourth-order valence-electron chi connectivity index (χ4n) is 7.25. The zero-order valence-electron chi connectivity index (χ0n) is 26.1. The number of amides is 1. The van der Waals surface area contributed by atoms with Crippen molar-refractivity contribution in [1.29, 1.82) is 5.41 Å². The molecule has 1 aromatic carbocycles. The molecular formula is C32H43ClF2N6O3. The molecule has 44 heavy (non-hydrogen) atoms. The number of piperazine rings is 1. The molecule has 3 saturated heterocycles. The molecule has 0 radical (unpaired) electrons. The van der Waals surface area contributed by atoms with Crippen LogP contribution in [-0.2, 0) is 4.74 Å². The fraction of sp³-hybridized carbons (Fsp3) is 0.688. The summed E-state index contributed by atoms with van der Waals surface area (Å²) in [6.07, 6.45) is 4.47. The average Bonchev–Trinajstić information content (AvgIpc) is 3.47. The highest BCUT2D eigenvalue weighted by molar-refractivity contribution is 6.35. The van der Waals surface area contributed by atoms with Gasteiger partial charge in [-0.1, -0.05) is 24.9 Å². The smallest absolute Gasteiger partial charge is 0.410 e. The SMILES string of the molecule is CCC(=N)c1c(Cl)cc2c(N3CC4CCC(C3)N4C(=O)OC(C)(C)C)nc(OCC3(CN4CC[C@@H](F)C4)CCC3)nc2c1F. The van der Waals surface area contributed by atoms with Gasteiger partial charge in [-0.2, -0.15) is 9.97 Å². The summed E-state index contributed by atoms with van der Waals surface area (Å²) in [4.78, 5) is 28.6. The molecule has 2 aromatic rings. The second-order valence-corrected chi connectivity index (χ2v) is 14.5. The molecule has 4 heterocycles. The van der Waals surface area contributed by atoms with E-state index in [0.717, 1.165) is 45.2 Å². The summed E-state index contributed by atoms with van der Waals surface area (Å²) in [6, 6.07) is 1.56. The molecule has 3 atom stereocenters. The lowest BCUT2D eigenvalue weighted by atomic mass is 9.69. The third-order valence-corrected chi connectivity index (χ3v) is 9.88. The minimum atomic E-state index is -0.781. The minimum absolute atomic E-state index is 0.0392. The lowest BCUT2D eigenvalue weighted by Crippen LogP contribution is -2.57. The van der Waals surface area contributed by atoms with Crippen molar-refractivity contribution in [2.24, 2.45) is 5.41 Å². The Kier molecular flexibility index (Phi) is 8.41. The van der Waals surface area contributed by atoms with Gasteiger partial charge in [0.05, 0.1) is 29.3 Å². The van der Waals surface area contributed by atoms with Crippen molar-refractivity contribution in [3.05, 3.63) is 22.5 Å². The van der Waals surface area contributed by atoms with Crippen LogP contribution in [0.15, 0.2) is 6.07 Å². The Morgan fingerprint density at radius 1 is 1.16 bits per heavy atom. The molecule has 9 nitrogen and oxygen atoms in total. The Hall–Kier alpha value is -2.79. The number of nitrogens with zero attached hydrogens (tertiary/aromatic N) is 5. The minimum Gasteiger partial charge on any atom is -0.463 e. The van der Waals surface area contributed by atoms with E-state index in [1.807, 2.05) is 25.7 Å². The van der Waals surface area contributed by atoms with Gasteiger partial charge in [-0.25, -0.2) is 13.6 Å². The molecule has 3 aliphatic heterocycles. The zero-order chi connectivity index (χ0) is 31.4. The van der Waals surface area contributed by atoms with Gasteiger partial charge in [0.2, 0.25) is 0 Å². The Bertz CT molecular complexity index is 1430. The molecule has 12 heteroatoms. The molecule has 4 aliphatic rings. The number of hydrogen-bond donors (Lipinski definition) is 1. The van der Waals surface area contributed by atoms with Crippen LogP contribution in [-0.4, -0.2) is 94.8 Å². The lowest BCUT2D eigenvalue weighted by Gasteiger charge is -2.43. The van der Waals surface area contributed by atoms with E-state index < -0.39 is 17.6 Å². The first-order chi connectivity index (χ1) is 20.9. The number of aromatic nitrogens is 2. The monoisotopic (exact) mass is 632 g/mol. The van der Waals surface area contributed by atoms with Crippen LogP contribution in [0.25, 0.3) is 10.9 Å². The predicted molar refractivity (Wildman–Crippen MR) is 166 cm³/mol. The van der Waals surface area contributed by atoms with E-state index in [1.165, 1.54) is 0 Å². The quantitative estimate of drug-likeness (QED) is 0.338. The van der Waals surface area contributed by atoms with Crippen molar-refractivity contribution in [3.63, 3.8) is 0 Å². The molecule has 1 aliphatic carbocycles. The molecule has 240 valence electrons. The Labute approximate surface area is 262 Å². The molecule has 1 N–H and O–H groups in total. The first-order valence-corrected chi connectivity index (χ1v) is 16.3. The van der Waals surface area contributed by atoms with Crippen molar-refractivity contribution in [2.75, 3.05) is 44.2 Å². The second-order valence-electron chi connectivity index (χ2n) is 14.0. The third kappa shape index (κ3) is 6.06. The molecule has 1 amide bonds. The molecule has 6 rings (SSSR count). The summed E-state index contributed by atoms with van der Waals surface area (Å²) in [5.74, 6) is -0.156. The van der Waals surface area contributed by atoms with Gasteiger partial charge in [0.15, 0.2) is 5.82 Å². The largest absolute Gasteiger partial charge is 0.463 e. The molecule has 4 fully saturated rings. The van der Waals surface area contributed by atoms with E-state index in [2.05, 4.69) is 14.8 Å². The van der Waals surface area contributed by atoms with Crippen LogP contribution < -0.4 is 9.64 Å². The van der Waals surface area contributed by atoms with Gasteiger partial charge in [-0.15, -0.1) is 0 Å². The van der Waals surface area contributed by atoms with Crippen LogP contribution in [0.2, 0.25) is 5.02 Å². The van der Waals surface area contributed by atoms with Gasteiger partial charge in [0.1, 0.15) is 23.1 Å². The number of carbonyl (C=O) groups excluding carboxylic acids is 1. The maximum Gasteiger partial charge on any atom is 0.410 e. The van der Waals surface area contributed by atoms with Crippen LogP contribution in [0.5, 0.6) is 6.01 Å². The maximum absolute atomic E-state index is 16.1. The molecule has 2 bridgehead atoms. The molecular weight excluding hydrogens is 590 g/mol. The predicted octanol–water partition coefficient (Wildman–Crippen LogP) is 6.38. The van der Waals surface area contributed by atoms with Crippen LogP contribution in [0.3, 0.4) is 0 Å². The first kappa shape index (κ1) is 31.2. The summed E-state index contributed by atoms with van der Waals surface area (Å²) in [5.41, 5.74) is -0.522. The normalized spacial score (nSPS) is 24.9. The number of rotatable bonds is 8. The van der Waals surface area contributed by atoms with Crippen LogP contribution in [0, 0.1) is 16.6 Å². The summed E-state index contributed by atoms with van der Waals surface area (Å²) in [6.45, 7) is 10.7. The van der Waals surface area contributed by atoms with Crippen molar-refractivity contribution < 1.29 is 23.0 Å². The summed E-state index contributed by atoms with van der Waals surface area (Å²) in [5, 5.41) is 8.94. The Morgan fingerprint density at radius 3 is 2.43 bits per heavy atom. The topological polar surface area (TPSA) is 94.9 Å². The number of alkyl halides is 1. The number of ether oxygens (including phenoxy) is 2. The Balaban J connectivity index is 1.32. The fourth-order valence-corrected chi connectivity index (χ4v) is 7.56. The number of hydrogen-bond acceptors (Lipinski definition) is 8. The molecule has 1 aromatic heterocycles. The third-order valence-electron chi connectivity index (χ3n) is 9.58. The summed E-state index contributed by atoms with van der Waals surface area (Å²) >= 11 is 6.58. The number of likely N-dealkylation sites (tertiary alicyclic amines) is 1. The lowest BCUT2D eigenvalue weighted by molar-refractivity contribution is 0.0122. The van der Waals surface area contributed by atoms with E-state index in [1.54, 1.807) is 13.0 Å². The van der Waals surface area contributed by atoms with Gasteiger partial charge < -0.3 is 19.8 Å². The van der Waals surface area contributed by atoms with E-state index in [0.29, 0.717) is 50.3 Å². The maximum atomic E-state index is 16.1. The van der Waals surface area contributed by atoms with Crippen molar-refractivity contribution >= 4 is 40.1 Å². The summed E-state index contributed by atoms with van der Waals surface area (Å²) < 4.78 is 42.0. The number of benzene rings is 1. The van der Waals surface area contributed by atoms with E-state index in [4.69, 9.17) is 31.5 Å². The number of carbonyl (C=O) groups is 1. The van der Waals surface area contributed by atoms with Gasteiger partial charge in [0.25, 0.3) is 0 Å². The van der Waals surface area contributed by atoms with E-state index in [-0.39, 0.29) is 51.4 Å². The van der Waals surface area contributed by atoms with Gasteiger partial charge >= 0.3 is 12.1 Å². The van der Waals surface area contributed by atoms with Crippen molar-refractivity contribution in [1.82, 2.24) is 19.8 Å². The molecule has 1 saturated carbocycles. The number of fused-ring (bicyclic) bond motifs is 3. The van der Waals surface area contributed by atoms with Gasteiger partial charge in [-0.05, 0) is 65.4 Å². The number of anilines is 1. The first-order valence-electron chi connectivity index (χ1n) is 15.9. The van der Waals surface area contributed by atoms with E-state index in [9.17, 15) is 9.18 Å². The molecule has 2 unspecified atom stereocenters. The van der Waals surface area contributed by atoms with E-state index >= 15 is 4.39 Å². The second kappa shape index (κ2) is 11.9. The van der Waals surface area contributed by atoms with Gasteiger partial charge in [0, 0.05) is 49.2 Å². The average molecular weight is 633 g/mol. The van der Waals surface area contributed by atoms with Gasteiger partial charge in [-0.3, -0.25) is 9.80 Å². The standard InChI is InChI=1S/C32H43ClF2N6O3/c1-5-24(36)25-23(33)13-22-27(26(25)35)37-29(43-18-32(10-6-11-32)17-39-12-9-19(34)14-39)38-28(22)40-15-20-7-8-21(16-40)41(20)30(42)44-31(2,3)4/h13,19-21,36H,5-12,14-18H2,1-4H3/t19-,20?,21?/m1/s1. The van der Waals surface area contributed by atoms with Crippen molar-refractivity contribution in [2.45, 2.75) is 96.5 Å². The highest BCUT2D eigenvalue weighted by Crippen LogP contribution is 2.43. The molecule has 0 spiro atoms. The Morgan fingerprint density at radius 2 is 1.86 bits per heavy atom. The van der Waals surface area contributed by atoms with Crippen LogP contribution in [0.4, 0.5) is 19.4 Å².